The van der Waals surface area contributed by atoms with Crippen LogP contribution in [0.15, 0.2) is 18.3 Å². The molecule has 0 bridgehead atoms. The van der Waals surface area contributed by atoms with E-state index in [0.717, 1.165) is 11.5 Å². The van der Waals surface area contributed by atoms with Crippen molar-refractivity contribution in [2.75, 3.05) is 6.54 Å². The number of rotatable bonds is 6. The van der Waals surface area contributed by atoms with Crippen molar-refractivity contribution >= 4 is 18.1 Å². The predicted octanol–water partition coefficient (Wildman–Crippen LogP) is 1.75. The topological polar surface area (TPSA) is 78.5 Å². The van der Waals surface area contributed by atoms with Gasteiger partial charge in [0.05, 0.1) is 6.42 Å². The van der Waals surface area contributed by atoms with E-state index in [1.54, 1.807) is 0 Å². The zero-order valence-electron chi connectivity index (χ0n) is 11.6. The summed E-state index contributed by atoms with van der Waals surface area (Å²) in [6.45, 7) is 4.66. The van der Waals surface area contributed by atoms with Gasteiger partial charge in [-0.25, -0.2) is 0 Å². The Morgan fingerprint density at radius 3 is 3.00 bits per heavy atom. The fraction of sp³-hybridized carbons (Fsp3) is 0.462. The molecular formula is C13H19N5OS. The third kappa shape index (κ3) is 3.57. The Morgan fingerprint density at radius 1 is 1.55 bits per heavy atom. The van der Waals surface area contributed by atoms with Gasteiger partial charge < -0.3 is 14.9 Å². The second-order valence-corrected chi connectivity index (χ2v) is 5.27. The van der Waals surface area contributed by atoms with E-state index in [1.807, 2.05) is 22.9 Å². The molecule has 0 radical (unpaired) electrons. The van der Waals surface area contributed by atoms with Gasteiger partial charge in [0.25, 0.3) is 0 Å². The minimum atomic E-state index is -0.00215. The highest BCUT2D eigenvalue weighted by molar-refractivity contribution is 7.71. The lowest BCUT2D eigenvalue weighted by Crippen LogP contribution is -2.28. The summed E-state index contributed by atoms with van der Waals surface area (Å²) in [7, 11) is 0. The lowest BCUT2D eigenvalue weighted by Gasteiger charge is -2.10. The Hall–Kier alpha value is -1.89. The predicted molar refractivity (Wildman–Crippen MR) is 79.0 cm³/mol. The van der Waals surface area contributed by atoms with Crippen LogP contribution in [0.1, 0.15) is 31.4 Å². The summed E-state index contributed by atoms with van der Waals surface area (Å²) in [5, 5.41) is 9.87. The van der Waals surface area contributed by atoms with E-state index in [2.05, 4.69) is 34.3 Å². The lowest BCUT2D eigenvalue weighted by molar-refractivity contribution is -0.120. The number of nitrogens with one attached hydrogen (secondary N) is 3. The molecule has 0 saturated heterocycles. The fourth-order valence-electron chi connectivity index (χ4n) is 2.07. The second-order valence-electron chi connectivity index (χ2n) is 4.88. The van der Waals surface area contributed by atoms with Gasteiger partial charge in [0.2, 0.25) is 5.91 Å². The van der Waals surface area contributed by atoms with Crippen LogP contribution in [0.2, 0.25) is 0 Å². The summed E-state index contributed by atoms with van der Waals surface area (Å²) in [5.41, 5.74) is 0.910. The highest BCUT2D eigenvalue weighted by atomic mass is 32.1. The molecule has 0 aliphatic carbocycles. The van der Waals surface area contributed by atoms with Crippen molar-refractivity contribution in [2.45, 2.75) is 32.7 Å². The molecule has 0 atom stereocenters. The Bertz CT molecular complexity index is 611. The monoisotopic (exact) mass is 293 g/mol. The highest BCUT2D eigenvalue weighted by Crippen LogP contribution is 2.08. The molecule has 0 spiro atoms. The van der Waals surface area contributed by atoms with E-state index in [1.165, 1.54) is 0 Å². The van der Waals surface area contributed by atoms with E-state index in [-0.39, 0.29) is 11.9 Å². The molecule has 0 fully saturated rings. The van der Waals surface area contributed by atoms with Crippen LogP contribution in [-0.4, -0.2) is 32.2 Å². The number of H-pyrrole nitrogens is 2. The molecule has 1 amide bonds. The molecule has 2 heterocycles. The number of carbonyl (C=O) groups is 1. The number of aromatic nitrogens is 4. The zero-order valence-corrected chi connectivity index (χ0v) is 12.5. The molecule has 108 valence electrons. The van der Waals surface area contributed by atoms with Gasteiger partial charge in [-0.15, -0.1) is 0 Å². The third-order valence-electron chi connectivity index (χ3n) is 2.98. The van der Waals surface area contributed by atoms with E-state index < -0.39 is 0 Å². The molecule has 0 aliphatic rings. The van der Waals surface area contributed by atoms with Crippen LogP contribution in [0.25, 0.3) is 0 Å². The zero-order chi connectivity index (χ0) is 14.5. The molecule has 0 aliphatic heterocycles. The number of amides is 1. The molecule has 0 saturated carbocycles. The van der Waals surface area contributed by atoms with Gasteiger partial charge in [-0.3, -0.25) is 9.89 Å². The minimum Gasteiger partial charge on any atom is -0.365 e. The molecule has 2 rings (SSSR count). The van der Waals surface area contributed by atoms with E-state index >= 15 is 0 Å². The highest BCUT2D eigenvalue weighted by Gasteiger charge is 2.09. The van der Waals surface area contributed by atoms with Gasteiger partial charge >= 0.3 is 0 Å². The number of hydrogen-bond donors (Lipinski definition) is 3. The molecule has 0 unspecified atom stereocenters. The number of aromatic amines is 2. The van der Waals surface area contributed by atoms with Crippen molar-refractivity contribution in [3.8, 4) is 0 Å². The van der Waals surface area contributed by atoms with Crippen LogP contribution in [-0.2, 0) is 17.6 Å². The Labute approximate surface area is 122 Å². The minimum absolute atomic E-state index is 0.00215. The van der Waals surface area contributed by atoms with Crippen LogP contribution in [0.5, 0.6) is 0 Å². The molecule has 2 aromatic heterocycles. The first-order valence-electron chi connectivity index (χ1n) is 6.62. The smallest absolute Gasteiger partial charge is 0.225 e. The molecular weight excluding hydrogens is 274 g/mol. The van der Waals surface area contributed by atoms with Gasteiger partial charge in [0.15, 0.2) is 4.77 Å². The summed E-state index contributed by atoms with van der Waals surface area (Å²) < 4.78 is 2.58. The molecule has 0 aromatic carbocycles. The van der Waals surface area contributed by atoms with Crippen molar-refractivity contribution < 1.29 is 4.79 Å². The molecule has 7 heteroatoms. The summed E-state index contributed by atoms with van der Waals surface area (Å²) in [6.07, 6.45) is 2.83. The van der Waals surface area contributed by atoms with Crippen molar-refractivity contribution in [2.24, 2.45) is 0 Å². The van der Waals surface area contributed by atoms with Crippen LogP contribution < -0.4 is 5.32 Å². The largest absolute Gasteiger partial charge is 0.365 e. The van der Waals surface area contributed by atoms with Gasteiger partial charge in [-0.2, -0.15) is 5.10 Å². The Balaban J connectivity index is 1.84. The van der Waals surface area contributed by atoms with Gasteiger partial charge in [-0.1, -0.05) is 0 Å². The summed E-state index contributed by atoms with van der Waals surface area (Å²) in [4.78, 5) is 14.7. The third-order valence-corrected chi connectivity index (χ3v) is 3.27. The maximum absolute atomic E-state index is 11.7. The molecule has 6 nitrogen and oxygen atoms in total. The maximum atomic E-state index is 11.7. The van der Waals surface area contributed by atoms with E-state index in [4.69, 9.17) is 12.2 Å². The van der Waals surface area contributed by atoms with Crippen molar-refractivity contribution in [3.05, 3.63) is 34.6 Å². The second kappa shape index (κ2) is 6.51. The lowest BCUT2D eigenvalue weighted by atomic mass is 10.3. The first-order chi connectivity index (χ1) is 9.58. The summed E-state index contributed by atoms with van der Waals surface area (Å²) >= 11 is 5.18. The summed E-state index contributed by atoms with van der Waals surface area (Å²) in [5.74, 6) is 0.864. The van der Waals surface area contributed by atoms with Crippen molar-refractivity contribution in [1.29, 1.82) is 0 Å². The van der Waals surface area contributed by atoms with E-state index in [0.29, 0.717) is 24.2 Å². The van der Waals surface area contributed by atoms with Crippen LogP contribution >= 0.6 is 12.2 Å². The van der Waals surface area contributed by atoms with Gasteiger partial charge in [0.1, 0.15) is 5.82 Å². The summed E-state index contributed by atoms with van der Waals surface area (Å²) in [6, 6.07) is 4.03. The van der Waals surface area contributed by atoms with Crippen LogP contribution in [0, 0.1) is 4.77 Å². The molecule has 3 N–H and O–H groups in total. The number of carbonyl (C=O) groups excluding carboxylic acids is 1. The quantitative estimate of drug-likeness (QED) is 0.710. The standard InChI is InChI=1S/C13H19N5OS/c1-9(2)18-11(16-17-13(18)20)5-7-15-12(19)8-10-4-3-6-14-10/h3-4,6,9,14H,5,7-8H2,1-2H3,(H,15,19)(H,17,20). The SMILES string of the molecule is CC(C)n1c(CCNC(=O)Cc2ccc[nH]2)n[nH]c1=S. The van der Waals surface area contributed by atoms with E-state index in [9.17, 15) is 4.79 Å². The van der Waals surface area contributed by atoms with Crippen LogP contribution in [0.3, 0.4) is 0 Å². The van der Waals surface area contributed by atoms with Gasteiger partial charge in [0, 0.05) is 30.9 Å². The first kappa shape index (κ1) is 14.5. The van der Waals surface area contributed by atoms with Crippen molar-refractivity contribution in [1.82, 2.24) is 25.1 Å². The normalized spacial score (nSPS) is 10.9. The average Bonchev–Trinajstić information content (AvgIpc) is 2.99. The maximum Gasteiger partial charge on any atom is 0.225 e. The first-order valence-corrected chi connectivity index (χ1v) is 7.03. The number of hydrogen-bond acceptors (Lipinski definition) is 3. The number of nitrogens with zero attached hydrogens (tertiary/aromatic N) is 2. The van der Waals surface area contributed by atoms with Crippen molar-refractivity contribution in [3.63, 3.8) is 0 Å². The Kier molecular flexibility index (Phi) is 4.73. The average molecular weight is 293 g/mol. The molecule has 20 heavy (non-hydrogen) atoms. The Morgan fingerprint density at radius 2 is 2.35 bits per heavy atom. The van der Waals surface area contributed by atoms with Crippen LogP contribution in [0.4, 0.5) is 0 Å². The van der Waals surface area contributed by atoms with Gasteiger partial charge in [-0.05, 0) is 38.2 Å². The fourth-order valence-corrected chi connectivity index (χ4v) is 2.43. The molecule has 2 aromatic rings.